The molecule has 40 heavy (non-hydrogen) atoms. The number of dihydropyridines is 1. The number of amides is 2. The van der Waals surface area contributed by atoms with Gasteiger partial charge in [-0.25, -0.2) is 22.2 Å². The lowest BCUT2D eigenvalue weighted by atomic mass is 9.90. The number of hydrogen-bond donors (Lipinski definition) is 0. The van der Waals surface area contributed by atoms with Crippen molar-refractivity contribution in [2.75, 3.05) is 13.1 Å². The van der Waals surface area contributed by atoms with E-state index in [1.165, 1.54) is 6.08 Å². The summed E-state index contributed by atoms with van der Waals surface area (Å²) in [6.07, 6.45) is -9.80. The molecule has 0 radical (unpaired) electrons. The fourth-order valence-corrected chi connectivity index (χ4v) is 6.78. The summed E-state index contributed by atoms with van der Waals surface area (Å²) in [5, 5.41) is 0. The summed E-state index contributed by atoms with van der Waals surface area (Å²) in [4.78, 5) is 28.5. The number of rotatable bonds is 5. The van der Waals surface area contributed by atoms with Crippen molar-refractivity contribution in [2.24, 2.45) is 10.9 Å². The molecule has 0 saturated carbocycles. The van der Waals surface area contributed by atoms with Crippen molar-refractivity contribution in [2.45, 2.75) is 34.1 Å². The topological polar surface area (TPSA) is 83.9 Å². The molecule has 2 aromatic carbocycles. The molecular formula is C25H18F8N2O4S. The number of alkyl halides is 7. The van der Waals surface area contributed by atoms with Gasteiger partial charge in [0.1, 0.15) is 10.6 Å². The van der Waals surface area contributed by atoms with Crippen LogP contribution in [0.2, 0.25) is 0 Å². The third kappa shape index (κ3) is 4.69. The quantitative estimate of drug-likeness (QED) is 0.368. The van der Waals surface area contributed by atoms with Crippen molar-refractivity contribution in [3.05, 3.63) is 77.6 Å². The van der Waals surface area contributed by atoms with Gasteiger partial charge in [0.25, 0.3) is 5.91 Å². The van der Waals surface area contributed by atoms with E-state index in [9.17, 15) is 53.1 Å². The first-order chi connectivity index (χ1) is 18.4. The second-order valence-electron chi connectivity index (χ2n) is 9.19. The lowest BCUT2D eigenvalue weighted by Gasteiger charge is -2.32. The number of halogens is 8. The molecule has 2 aliphatic heterocycles. The molecule has 0 aliphatic carbocycles. The van der Waals surface area contributed by atoms with Crippen molar-refractivity contribution in [3.8, 4) is 0 Å². The lowest BCUT2D eigenvalue weighted by molar-refractivity contribution is -0.348. The standard InChI is InChI=1S/C25H18F8N2O4S/c26-18-6-8-19(9-7-18)40(38,39)22(11-12-35(14-22)21(37)15-1-10-20(36)34-13-15)16-2-4-17(5-3-16)23(27,24(28,29)30)25(31,32)33/h1-10,13,15H,11-12,14H2/t15?,22-/m0/s1. The van der Waals surface area contributed by atoms with Gasteiger partial charge in [-0.2, -0.15) is 26.3 Å². The minimum absolute atomic E-state index is 0.199. The molecule has 1 unspecified atom stereocenters. The Morgan fingerprint density at radius 3 is 2.00 bits per heavy atom. The minimum Gasteiger partial charge on any atom is -0.340 e. The zero-order chi connectivity index (χ0) is 29.7. The molecule has 4 rings (SSSR count). The van der Waals surface area contributed by atoms with Gasteiger partial charge in [-0.1, -0.05) is 30.3 Å². The van der Waals surface area contributed by atoms with Crippen LogP contribution < -0.4 is 0 Å². The lowest BCUT2D eigenvalue weighted by Crippen LogP contribution is -2.50. The molecule has 0 aromatic heterocycles. The van der Waals surface area contributed by atoms with E-state index >= 15 is 0 Å². The van der Waals surface area contributed by atoms with Crippen LogP contribution in [0, 0.1) is 11.7 Å². The van der Waals surface area contributed by atoms with Gasteiger partial charge >= 0.3 is 18.0 Å². The van der Waals surface area contributed by atoms with Gasteiger partial charge < -0.3 is 4.90 Å². The Morgan fingerprint density at radius 1 is 0.925 bits per heavy atom. The molecule has 6 nitrogen and oxygen atoms in total. The van der Waals surface area contributed by atoms with E-state index in [2.05, 4.69) is 4.99 Å². The maximum Gasteiger partial charge on any atom is 0.435 e. The number of carbonyl (C=O) groups is 2. The molecule has 2 heterocycles. The highest BCUT2D eigenvalue weighted by atomic mass is 32.2. The summed E-state index contributed by atoms with van der Waals surface area (Å²) in [6, 6.07) is 5.20. The van der Waals surface area contributed by atoms with Gasteiger partial charge in [-0.05, 0) is 36.2 Å². The molecule has 214 valence electrons. The zero-order valence-electron chi connectivity index (χ0n) is 20.0. The summed E-state index contributed by atoms with van der Waals surface area (Å²) in [5.41, 5.74) is -7.86. The Kier molecular flexibility index (Phi) is 7.18. The summed E-state index contributed by atoms with van der Waals surface area (Å²) in [5.74, 6) is -3.11. The molecule has 0 N–H and O–H groups in total. The summed E-state index contributed by atoms with van der Waals surface area (Å²) in [6.45, 7) is -0.818. The second kappa shape index (κ2) is 9.78. The van der Waals surface area contributed by atoms with E-state index in [0.29, 0.717) is 12.1 Å². The molecule has 2 atom stereocenters. The molecule has 2 amide bonds. The minimum atomic E-state index is -6.38. The summed E-state index contributed by atoms with van der Waals surface area (Å²) < 4.78 is 133. The predicted molar refractivity (Wildman–Crippen MR) is 124 cm³/mol. The highest BCUT2D eigenvalue weighted by molar-refractivity contribution is 7.92. The van der Waals surface area contributed by atoms with E-state index in [-0.39, 0.29) is 30.7 Å². The zero-order valence-corrected chi connectivity index (χ0v) is 20.8. The first kappa shape index (κ1) is 29.4. The van der Waals surface area contributed by atoms with Crippen molar-refractivity contribution < 1.29 is 53.1 Å². The third-order valence-electron chi connectivity index (χ3n) is 6.87. The number of hydrogen-bond acceptors (Lipinski definition) is 4. The van der Waals surface area contributed by atoms with Crippen molar-refractivity contribution >= 4 is 27.9 Å². The van der Waals surface area contributed by atoms with Crippen LogP contribution in [0.15, 0.2) is 70.6 Å². The number of sulfone groups is 1. The Morgan fingerprint density at radius 2 is 1.50 bits per heavy atom. The highest BCUT2D eigenvalue weighted by Crippen LogP contribution is 2.53. The van der Waals surface area contributed by atoms with E-state index in [0.717, 1.165) is 41.5 Å². The van der Waals surface area contributed by atoms with E-state index < -0.39 is 73.2 Å². The normalized spacial score (nSPS) is 22.1. The number of nitrogens with zero attached hydrogens (tertiary/aromatic N) is 2. The van der Waals surface area contributed by atoms with Gasteiger partial charge in [0.05, 0.1) is 10.8 Å². The van der Waals surface area contributed by atoms with E-state index in [1.54, 1.807) is 0 Å². The van der Waals surface area contributed by atoms with Crippen molar-refractivity contribution in [1.29, 1.82) is 0 Å². The Hall–Kier alpha value is -3.62. The smallest absolute Gasteiger partial charge is 0.340 e. The highest BCUT2D eigenvalue weighted by Gasteiger charge is 2.73. The average molecular weight is 594 g/mol. The van der Waals surface area contributed by atoms with Crippen LogP contribution in [0.1, 0.15) is 17.5 Å². The largest absolute Gasteiger partial charge is 0.435 e. The Balaban J connectivity index is 1.81. The van der Waals surface area contributed by atoms with Crippen LogP contribution in [-0.4, -0.2) is 56.8 Å². The molecule has 15 heteroatoms. The molecule has 0 bridgehead atoms. The van der Waals surface area contributed by atoms with E-state index in [1.807, 2.05) is 0 Å². The maximum absolute atomic E-state index is 14.6. The van der Waals surface area contributed by atoms with Gasteiger partial charge in [-0.3, -0.25) is 9.59 Å². The van der Waals surface area contributed by atoms with Crippen LogP contribution in [-0.2, 0) is 29.8 Å². The number of likely N-dealkylation sites (tertiary alicyclic amines) is 1. The number of carbonyl (C=O) groups excluding carboxylic acids is 2. The average Bonchev–Trinajstić information content (AvgIpc) is 3.35. The third-order valence-corrected chi connectivity index (χ3v) is 9.36. The van der Waals surface area contributed by atoms with Gasteiger partial charge in [0.2, 0.25) is 5.91 Å². The van der Waals surface area contributed by atoms with Crippen LogP contribution in [0.5, 0.6) is 0 Å². The Labute approximate surface area is 221 Å². The molecule has 1 saturated heterocycles. The molecular weight excluding hydrogens is 576 g/mol. The first-order valence-corrected chi connectivity index (χ1v) is 12.9. The fourth-order valence-electron chi connectivity index (χ4n) is 4.70. The SMILES string of the molecule is O=C1C=CC(C(=O)N2CC[C@](c3ccc(C(F)(C(F)(F)F)C(F)(F)F)cc3)(S(=O)(=O)c3ccc(F)cc3)C2)C=N1. The molecule has 0 spiro atoms. The van der Waals surface area contributed by atoms with Crippen LogP contribution in [0.3, 0.4) is 0 Å². The van der Waals surface area contributed by atoms with Crippen LogP contribution in [0.25, 0.3) is 0 Å². The molecule has 2 aromatic rings. The van der Waals surface area contributed by atoms with E-state index in [4.69, 9.17) is 0 Å². The Bertz CT molecular complexity index is 1450. The summed E-state index contributed by atoms with van der Waals surface area (Å²) >= 11 is 0. The van der Waals surface area contributed by atoms with Gasteiger partial charge in [0.15, 0.2) is 9.84 Å². The van der Waals surface area contributed by atoms with Crippen molar-refractivity contribution in [3.63, 3.8) is 0 Å². The second-order valence-corrected chi connectivity index (χ2v) is 11.5. The monoisotopic (exact) mass is 594 g/mol. The number of benzene rings is 2. The summed E-state index contributed by atoms with van der Waals surface area (Å²) in [7, 11) is -4.59. The predicted octanol–water partition coefficient (Wildman–Crippen LogP) is 4.80. The maximum atomic E-state index is 14.6. The van der Waals surface area contributed by atoms with Crippen LogP contribution >= 0.6 is 0 Å². The van der Waals surface area contributed by atoms with Crippen molar-refractivity contribution in [1.82, 2.24) is 4.90 Å². The molecule has 2 aliphatic rings. The first-order valence-electron chi connectivity index (χ1n) is 11.4. The van der Waals surface area contributed by atoms with Gasteiger partial charge in [-0.15, -0.1) is 0 Å². The van der Waals surface area contributed by atoms with Gasteiger partial charge in [0, 0.05) is 30.9 Å². The number of aliphatic imine (C=N–C) groups is 1. The van der Waals surface area contributed by atoms with Crippen LogP contribution in [0.4, 0.5) is 35.1 Å². The molecule has 1 fully saturated rings. The fraction of sp³-hybridized carbons (Fsp3) is 0.320.